The molecule has 0 aliphatic carbocycles. The van der Waals surface area contributed by atoms with Gasteiger partial charge in [-0.05, 0) is 44.0 Å². The zero-order valence-corrected chi connectivity index (χ0v) is 8.29. The first kappa shape index (κ1) is 8.82. The third-order valence-corrected chi connectivity index (χ3v) is 2.93. The van der Waals surface area contributed by atoms with Gasteiger partial charge in [0.15, 0.2) is 0 Å². The van der Waals surface area contributed by atoms with Gasteiger partial charge in [-0.25, -0.2) is 0 Å². The second-order valence-corrected chi connectivity index (χ2v) is 4.15. The molecular formula is C11H18N2. The Labute approximate surface area is 79.9 Å². The molecule has 2 heterocycles. The molecule has 1 fully saturated rings. The third kappa shape index (κ3) is 2.34. The van der Waals surface area contributed by atoms with Gasteiger partial charge in [0.25, 0.3) is 0 Å². The largest absolute Gasteiger partial charge is 0.364 e. The van der Waals surface area contributed by atoms with Gasteiger partial charge in [-0.2, -0.15) is 0 Å². The molecule has 1 aromatic heterocycles. The van der Waals surface area contributed by atoms with Crippen molar-refractivity contribution in [2.75, 3.05) is 13.1 Å². The lowest BCUT2D eigenvalue weighted by Gasteiger charge is -2.29. The highest BCUT2D eigenvalue weighted by Crippen LogP contribution is 2.17. The maximum Gasteiger partial charge on any atom is 0.0385 e. The molecule has 1 N–H and O–H groups in total. The van der Waals surface area contributed by atoms with Crippen molar-refractivity contribution < 1.29 is 0 Å². The lowest BCUT2D eigenvalue weighted by molar-refractivity contribution is 0.183. The van der Waals surface area contributed by atoms with Crippen LogP contribution in [-0.4, -0.2) is 23.0 Å². The zero-order chi connectivity index (χ0) is 9.10. The lowest BCUT2D eigenvalue weighted by atomic mass is 9.99. The van der Waals surface area contributed by atoms with Crippen molar-refractivity contribution in [3.8, 4) is 0 Å². The maximum atomic E-state index is 3.25. The lowest BCUT2D eigenvalue weighted by Crippen LogP contribution is -2.32. The van der Waals surface area contributed by atoms with Crippen LogP contribution in [-0.2, 0) is 6.54 Å². The van der Waals surface area contributed by atoms with Crippen LogP contribution in [0.3, 0.4) is 0 Å². The summed E-state index contributed by atoms with van der Waals surface area (Å²) in [6.45, 7) is 5.98. The number of hydrogen-bond donors (Lipinski definition) is 1. The molecule has 1 saturated heterocycles. The van der Waals surface area contributed by atoms with Gasteiger partial charge >= 0.3 is 0 Å². The number of nitrogens with one attached hydrogen (secondary N) is 1. The SMILES string of the molecule is CC1CCN(Cc2ccc[nH]2)CC1. The minimum atomic E-state index is 0.930. The number of aromatic amines is 1. The fourth-order valence-corrected chi connectivity index (χ4v) is 1.93. The van der Waals surface area contributed by atoms with Gasteiger partial charge in [-0.1, -0.05) is 6.92 Å². The van der Waals surface area contributed by atoms with Crippen molar-refractivity contribution in [1.29, 1.82) is 0 Å². The van der Waals surface area contributed by atoms with Crippen LogP contribution in [0.1, 0.15) is 25.5 Å². The molecule has 2 rings (SSSR count). The first-order chi connectivity index (χ1) is 6.34. The Balaban J connectivity index is 1.83. The number of piperidine rings is 1. The van der Waals surface area contributed by atoms with E-state index in [0.29, 0.717) is 0 Å². The number of likely N-dealkylation sites (tertiary alicyclic amines) is 1. The van der Waals surface area contributed by atoms with Crippen LogP contribution in [0.5, 0.6) is 0 Å². The Hall–Kier alpha value is -0.760. The molecule has 0 bridgehead atoms. The van der Waals surface area contributed by atoms with Crippen molar-refractivity contribution in [2.45, 2.75) is 26.3 Å². The van der Waals surface area contributed by atoms with Gasteiger partial charge in [0.1, 0.15) is 0 Å². The zero-order valence-electron chi connectivity index (χ0n) is 8.29. The molecule has 2 nitrogen and oxygen atoms in total. The number of H-pyrrole nitrogens is 1. The van der Waals surface area contributed by atoms with Crippen LogP contribution < -0.4 is 0 Å². The molecule has 0 radical (unpaired) electrons. The van der Waals surface area contributed by atoms with E-state index in [1.165, 1.54) is 31.6 Å². The number of aromatic nitrogens is 1. The number of nitrogens with zero attached hydrogens (tertiary/aromatic N) is 1. The summed E-state index contributed by atoms with van der Waals surface area (Å²) in [4.78, 5) is 5.79. The minimum Gasteiger partial charge on any atom is -0.364 e. The van der Waals surface area contributed by atoms with E-state index in [2.05, 4.69) is 28.9 Å². The summed E-state index contributed by atoms with van der Waals surface area (Å²) in [6, 6.07) is 4.24. The Morgan fingerprint density at radius 1 is 1.46 bits per heavy atom. The molecule has 0 atom stereocenters. The molecule has 13 heavy (non-hydrogen) atoms. The minimum absolute atomic E-state index is 0.930. The number of rotatable bonds is 2. The van der Waals surface area contributed by atoms with E-state index in [1.54, 1.807) is 0 Å². The van der Waals surface area contributed by atoms with Crippen LogP contribution in [0.25, 0.3) is 0 Å². The molecular weight excluding hydrogens is 160 g/mol. The summed E-state index contributed by atoms with van der Waals surface area (Å²) in [6.07, 6.45) is 4.73. The predicted octanol–water partition coefficient (Wildman–Crippen LogP) is 2.25. The van der Waals surface area contributed by atoms with Crippen LogP contribution >= 0.6 is 0 Å². The predicted molar refractivity (Wildman–Crippen MR) is 54.5 cm³/mol. The van der Waals surface area contributed by atoms with Gasteiger partial charge in [-0.15, -0.1) is 0 Å². The van der Waals surface area contributed by atoms with Crippen molar-refractivity contribution >= 4 is 0 Å². The van der Waals surface area contributed by atoms with Gasteiger partial charge < -0.3 is 4.98 Å². The van der Waals surface area contributed by atoms with Crippen molar-refractivity contribution in [2.24, 2.45) is 5.92 Å². The highest BCUT2D eigenvalue weighted by atomic mass is 15.1. The normalized spacial score (nSPS) is 20.7. The molecule has 2 heteroatoms. The molecule has 0 amide bonds. The fraction of sp³-hybridized carbons (Fsp3) is 0.636. The molecule has 1 aliphatic rings. The summed E-state index contributed by atoms with van der Waals surface area (Å²) in [5, 5.41) is 0. The Morgan fingerprint density at radius 3 is 2.85 bits per heavy atom. The Morgan fingerprint density at radius 2 is 2.23 bits per heavy atom. The van der Waals surface area contributed by atoms with Gasteiger partial charge in [0, 0.05) is 18.4 Å². The highest BCUT2D eigenvalue weighted by Gasteiger charge is 2.15. The standard InChI is InChI=1S/C11H18N2/c1-10-4-7-13(8-5-10)9-11-3-2-6-12-11/h2-3,6,10,12H,4-5,7-9H2,1H3. The van der Waals surface area contributed by atoms with E-state index in [9.17, 15) is 0 Å². The van der Waals surface area contributed by atoms with E-state index >= 15 is 0 Å². The summed E-state index contributed by atoms with van der Waals surface area (Å²) < 4.78 is 0. The van der Waals surface area contributed by atoms with Crippen LogP contribution in [0.15, 0.2) is 18.3 Å². The average Bonchev–Trinajstić information content (AvgIpc) is 2.62. The van der Waals surface area contributed by atoms with E-state index in [-0.39, 0.29) is 0 Å². The van der Waals surface area contributed by atoms with E-state index in [1.807, 2.05) is 6.20 Å². The molecule has 1 aliphatic heterocycles. The van der Waals surface area contributed by atoms with E-state index in [0.717, 1.165) is 12.5 Å². The molecule has 0 saturated carbocycles. The summed E-state index contributed by atoms with van der Waals surface area (Å²) in [7, 11) is 0. The smallest absolute Gasteiger partial charge is 0.0385 e. The molecule has 72 valence electrons. The second-order valence-electron chi connectivity index (χ2n) is 4.15. The Kier molecular flexibility index (Phi) is 2.69. The summed E-state index contributed by atoms with van der Waals surface area (Å²) >= 11 is 0. The quantitative estimate of drug-likeness (QED) is 0.736. The molecule has 0 unspecified atom stereocenters. The van der Waals surface area contributed by atoms with E-state index in [4.69, 9.17) is 0 Å². The average molecular weight is 178 g/mol. The van der Waals surface area contributed by atoms with E-state index < -0.39 is 0 Å². The van der Waals surface area contributed by atoms with Gasteiger partial charge in [-0.3, -0.25) is 4.90 Å². The second kappa shape index (κ2) is 3.97. The van der Waals surface area contributed by atoms with Crippen molar-refractivity contribution in [1.82, 2.24) is 9.88 Å². The molecule has 1 aromatic rings. The van der Waals surface area contributed by atoms with Crippen LogP contribution in [0.4, 0.5) is 0 Å². The Bertz CT molecular complexity index is 233. The van der Waals surface area contributed by atoms with Gasteiger partial charge in [0.05, 0.1) is 0 Å². The molecule has 0 spiro atoms. The summed E-state index contributed by atoms with van der Waals surface area (Å²) in [5.74, 6) is 0.930. The van der Waals surface area contributed by atoms with Crippen molar-refractivity contribution in [3.63, 3.8) is 0 Å². The summed E-state index contributed by atoms with van der Waals surface area (Å²) in [5.41, 5.74) is 1.34. The van der Waals surface area contributed by atoms with Crippen LogP contribution in [0, 0.1) is 5.92 Å². The van der Waals surface area contributed by atoms with Crippen LogP contribution in [0.2, 0.25) is 0 Å². The third-order valence-electron chi connectivity index (χ3n) is 2.93. The highest BCUT2D eigenvalue weighted by molar-refractivity contribution is 5.03. The van der Waals surface area contributed by atoms with Crippen molar-refractivity contribution in [3.05, 3.63) is 24.0 Å². The molecule has 0 aromatic carbocycles. The monoisotopic (exact) mass is 178 g/mol. The number of hydrogen-bond acceptors (Lipinski definition) is 1. The first-order valence-corrected chi connectivity index (χ1v) is 5.19. The fourth-order valence-electron chi connectivity index (χ4n) is 1.93. The van der Waals surface area contributed by atoms with Gasteiger partial charge in [0.2, 0.25) is 0 Å². The topological polar surface area (TPSA) is 19.0 Å². The first-order valence-electron chi connectivity index (χ1n) is 5.19. The maximum absolute atomic E-state index is 3.25.